The third-order valence-corrected chi connectivity index (χ3v) is 8.48. The molecule has 2 N–H and O–H groups in total. The molecule has 0 atom stereocenters. The van der Waals surface area contributed by atoms with Crippen LogP contribution in [0.1, 0.15) is 15.9 Å². The maximum atomic E-state index is 13.7. The number of benzene rings is 4. The third kappa shape index (κ3) is 4.97. The standard InChI is InChI=1S/C32H26FN3O6S/c1-17-5-11-24-28(13-17)42-32(35-24)22-14-19(8-12-26(22)37)21-15-23-27(16-25(21)36(3)43(4,39)40)41-30(29(23)31(38)34-2)18-6-9-20(33)10-7-18/h5-16,37H,1-4H3,(H,34,38). The summed E-state index contributed by atoms with van der Waals surface area (Å²) in [5, 5.41) is 13.8. The Morgan fingerprint density at radius 3 is 2.35 bits per heavy atom. The summed E-state index contributed by atoms with van der Waals surface area (Å²) >= 11 is 0. The molecule has 0 aliphatic carbocycles. The lowest BCUT2D eigenvalue weighted by Crippen LogP contribution is -2.25. The number of rotatable bonds is 6. The van der Waals surface area contributed by atoms with Crippen LogP contribution in [0.25, 0.3) is 56.0 Å². The molecular weight excluding hydrogens is 573 g/mol. The second-order valence-electron chi connectivity index (χ2n) is 10.2. The van der Waals surface area contributed by atoms with Crippen LogP contribution in [0.2, 0.25) is 0 Å². The molecule has 0 bridgehead atoms. The lowest BCUT2D eigenvalue weighted by atomic mass is 9.97. The molecule has 1 amide bonds. The van der Waals surface area contributed by atoms with E-state index in [1.807, 2.05) is 25.1 Å². The first-order valence-corrected chi connectivity index (χ1v) is 15.0. The Morgan fingerprint density at radius 1 is 0.930 bits per heavy atom. The number of nitrogens with one attached hydrogen (secondary N) is 1. The summed E-state index contributed by atoms with van der Waals surface area (Å²) in [6, 6.07) is 19.0. The van der Waals surface area contributed by atoms with Crippen molar-refractivity contribution in [2.24, 2.45) is 0 Å². The second-order valence-corrected chi connectivity index (χ2v) is 12.2. The number of aromatic nitrogens is 1. The minimum atomic E-state index is -3.74. The molecule has 0 spiro atoms. The van der Waals surface area contributed by atoms with Crippen molar-refractivity contribution in [2.75, 3.05) is 24.7 Å². The zero-order chi connectivity index (χ0) is 30.6. The quantitative estimate of drug-likeness (QED) is 0.224. The van der Waals surface area contributed by atoms with Crippen molar-refractivity contribution in [1.82, 2.24) is 10.3 Å². The Bertz CT molecular complexity index is 2170. The van der Waals surface area contributed by atoms with Crippen LogP contribution in [0.5, 0.6) is 5.75 Å². The average molecular weight is 600 g/mol. The van der Waals surface area contributed by atoms with Crippen LogP contribution in [0.3, 0.4) is 0 Å². The van der Waals surface area contributed by atoms with Gasteiger partial charge in [-0.05, 0) is 72.6 Å². The van der Waals surface area contributed by atoms with Gasteiger partial charge in [0.05, 0.1) is 23.1 Å². The molecule has 6 aromatic rings. The monoisotopic (exact) mass is 599 g/mol. The molecule has 0 saturated heterocycles. The van der Waals surface area contributed by atoms with E-state index in [4.69, 9.17) is 8.83 Å². The highest BCUT2D eigenvalue weighted by molar-refractivity contribution is 7.92. The Hall–Kier alpha value is -5.16. The van der Waals surface area contributed by atoms with Crippen LogP contribution < -0.4 is 9.62 Å². The van der Waals surface area contributed by atoms with Gasteiger partial charge >= 0.3 is 0 Å². The van der Waals surface area contributed by atoms with Crippen LogP contribution in [0.4, 0.5) is 10.1 Å². The Morgan fingerprint density at radius 2 is 1.65 bits per heavy atom. The first-order chi connectivity index (χ1) is 20.4. The number of carbonyl (C=O) groups is 1. The van der Waals surface area contributed by atoms with Gasteiger partial charge in [0.25, 0.3) is 5.91 Å². The van der Waals surface area contributed by atoms with E-state index < -0.39 is 21.7 Å². The van der Waals surface area contributed by atoms with Gasteiger partial charge in [0.1, 0.15) is 28.4 Å². The van der Waals surface area contributed by atoms with Crippen LogP contribution in [0.15, 0.2) is 81.6 Å². The lowest BCUT2D eigenvalue weighted by molar-refractivity contribution is 0.0964. The summed E-state index contributed by atoms with van der Waals surface area (Å²) in [5.41, 5.74) is 4.60. The highest BCUT2D eigenvalue weighted by Gasteiger charge is 2.26. The molecule has 0 aliphatic heterocycles. The van der Waals surface area contributed by atoms with Gasteiger partial charge in [0, 0.05) is 36.7 Å². The number of phenols is 1. The van der Waals surface area contributed by atoms with E-state index in [0.717, 1.165) is 16.1 Å². The maximum absolute atomic E-state index is 13.7. The summed E-state index contributed by atoms with van der Waals surface area (Å²) in [5.74, 6) is -0.585. The zero-order valence-corrected chi connectivity index (χ0v) is 24.4. The van der Waals surface area contributed by atoms with E-state index in [1.165, 1.54) is 44.4 Å². The van der Waals surface area contributed by atoms with Gasteiger partial charge in [-0.1, -0.05) is 12.1 Å². The number of nitrogens with zero attached hydrogens (tertiary/aromatic N) is 2. The Balaban J connectivity index is 1.62. The van der Waals surface area contributed by atoms with Crippen molar-refractivity contribution in [3.05, 3.63) is 89.7 Å². The summed E-state index contributed by atoms with van der Waals surface area (Å²) in [6.07, 6.45) is 1.07. The minimum Gasteiger partial charge on any atom is -0.507 e. The second kappa shape index (κ2) is 10.3. The van der Waals surface area contributed by atoms with E-state index >= 15 is 0 Å². The van der Waals surface area contributed by atoms with Crippen molar-refractivity contribution in [3.8, 4) is 39.7 Å². The van der Waals surface area contributed by atoms with E-state index in [0.29, 0.717) is 38.7 Å². The topological polar surface area (TPSA) is 126 Å². The van der Waals surface area contributed by atoms with Crippen LogP contribution >= 0.6 is 0 Å². The highest BCUT2D eigenvalue weighted by atomic mass is 32.2. The number of fused-ring (bicyclic) bond motifs is 2. The van der Waals surface area contributed by atoms with Crippen LogP contribution in [-0.4, -0.2) is 44.8 Å². The fraction of sp³-hybridized carbons (Fsp3) is 0.125. The number of oxazole rings is 1. The first-order valence-electron chi connectivity index (χ1n) is 13.2. The maximum Gasteiger partial charge on any atom is 0.255 e. The number of aromatic hydroxyl groups is 1. The summed E-state index contributed by atoms with van der Waals surface area (Å²) in [6.45, 7) is 1.93. The average Bonchev–Trinajstić information content (AvgIpc) is 3.56. The zero-order valence-electron chi connectivity index (χ0n) is 23.6. The lowest BCUT2D eigenvalue weighted by Gasteiger charge is -2.21. The normalized spacial score (nSPS) is 11.7. The minimum absolute atomic E-state index is 0.0842. The molecule has 9 nitrogen and oxygen atoms in total. The molecule has 6 rings (SSSR count). The third-order valence-electron chi connectivity index (χ3n) is 7.29. The predicted molar refractivity (Wildman–Crippen MR) is 163 cm³/mol. The predicted octanol–water partition coefficient (Wildman–Crippen LogP) is 6.48. The summed E-state index contributed by atoms with van der Waals surface area (Å²) in [7, 11) is -0.844. The molecule has 43 heavy (non-hydrogen) atoms. The number of carbonyl (C=O) groups excluding carboxylic acids is 1. The van der Waals surface area contributed by atoms with Gasteiger partial charge in [-0.3, -0.25) is 9.10 Å². The smallest absolute Gasteiger partial charge is 0.255 e. The van der Waals surface area contributed by atoms with Crippen molar-refractivity contribution >= 4 is 43.7 Å². The van der Waals surface area contributed by atoms with E-state index in [9.17, 15) is 22.7 Å². The van der Waals surface area contributed by atoms with Gasteiger partial charge < -0.3 is 19.3 Å². The molecule has 0 aliphatic rings. The van der Waals surface area contributed by atoms with Gasteiger partial charge in [-0.2, -0.15) is 0 Å². The molecule has 0 unspecified atom stereocenters. The number of sulfonamides is 1. The van der Waals surface area contributed by atoms with Crippen molar-refractivity contribution in [2.45, 2.75) is 6.92 Å². The number of anilines is 1. The van der Waals surface area contributed by atoms with E-state index in [2.05, 4.69) is 10.3 Å². The molecule has 0 radical (unpaired) electrons. The number of furan rings is 1. The number of hydrogen-bond donors (Lipinski definition) is 2. The Labute approximate surface area is 246 Å². The number of halogens is 1. The van der Waals surface area contributed by atoms with Gasteiger partial charge in [-0.15, -0.1) is 0 Å². The van der Waals surface area contributed by atoms with Crippen molar-refractivity contribution < 1.29 is 31.5 Å². The fourth-order valence-electron chi connectivity index (χ4n) is 4.98. The molecule has 11 heteroatoms. The van der Waals surface area contributed by atoms with Crippen LogP contribution in [0, 0.1) is 12.7 Å². The summed E-state index contributed by atoms with van der Waals surface area (Å²) in [4.78, 5) is 17.7. The van der Waals surface area contributed by atoms with Gasteiger partial charge in [0.2, 0.25) is 15.9 Å². The summed E-state index contributed by atoms with van der Waals surface area (Å²) < 4.78 is 52.3. The van der Waals surface area contributed by atoms with Gasteiger partial charge in [0.15, 0.2) is 5.58 Å². The highest BCUT2D eigenvalue weighted by Crippen LogP contribution is 2.43. The number of phenolic OH excluding ortho intramolecular Hbond substituents is 1. The van der Waals surface area contributed by atoms with Crippen molar-refractivity contribution in [3.63, 3.8) is 0 Å². The van der Waals surface area contributed by atoms with Crippen molar-refractivity contribution in [1.29, 1.82) is 0 Å². The number of aryl methyl sites for hydroxylation is 1. The van der Waals surface area contributed by atoms with E-state index in [-0.39, 0.29) is 34.2 Å². The molecule has 2 heterocycles. The Kier molecular flexibility index (Phi) is 6.69. The molecular formula is C32H26FN3O6S. The first kappa shape index (κ1) is 28.0. The largest absolute Gasteiger partial charge is 0.507 e. The molecule has 4 aromatic carbocycles. The fourth-order valence-corrected chi connectivity index (χ4v) is 5.49. The van der Waals surface area contributed by atoms with E-state index in [1.54, 1.807) is 24.3 Å². The molecule has 0 fully saturated rings. The SMILES string of the molecule is CNC(=O)c1c(-c2ccc(F)cc2)oc2cc(N(C)S(C)(=O)=O)c(-c3ccc(O)c(-c4nc5ccc(C)cc5o4)c3)cc12. The molecule has 2 aromatic heterocycles. The van der Waals surface area contributed by atoms with Crippen LogP contribution in [-0.2, 0) is 10.0 Å². The molecule has 0 saturated carbocycles. The molecule has 218 valence electrons. The number of hydrogen-bond acceptors (Lipinski definition) is 7. The number of amides is 1. The van der Waals surface area contributed by atoms with Gasteiger partial charge in [-0.25, -0.2) is 17.8 Å².